The van der Waals surface area contributed by atoms with Gasteiger partial charge in [-0.15, -0.1) is 0 Å². The fourth-order valence-electron chi connectivity index (χ4n) is 4.54. The summed E-state index contributed by atoms with van der Waals surface area (Å²) < 4.78 is 15.9. The summed E-state index contributed by atoms with van der Waals surface area (Å²) >= 11 is 0. The zero-order valence-electron chi connectivity index (χ0n) is 20.0. The summed E-state index contributed by atoms with van der Waals surface area (Å²) in [6.45, 7) is 4.60. The highest BCUT2D eigenvalue weighted by atomic mass is 19.1. The maximum Gasteiger partial charge on any atom is 0.330 e. The molecule has 0 saturated carbocycles. The van der Waals surface area contributed by atoms with Gasteiger partial charge in [-0.3, -0.25) is 19.1 Å². The van der Waals surface area contributed by atoms with Crippen LogP contribution in [-0.4, -0.2) is 35.1 Å². The van der Waals surface area contributed by atoms with Crippen LogP contribution in [0.1, 0.15) is 31.4 Å². The molecule has 3 N–H and O–H groups in total. The first-order valence-electron chi connectivity index (χ1n) is 11.8. The predicted molar refractivity (Wildman–Crippen MR) is 135 cm³/mol. The SMILES string of the molecule is CC(C)CN(C(=O)CN1CCCc2cccc(F)c21)c1c(N)n(Cc2ccccc2)c(=O)[nH]c1=O. The molecule has 0 radical (unpaired) electrons. The van der Waals surface area contributed by atoms with Crippen LogP contribution in [0.5, 0.6) is 0 Å². The number of H-pyrrole nitrogens is 1. The van der Waals surface area contributed by atoms with Gasteiger partial charge < -0.3 is 15.5 Å². The molecule has 184 valence electrons. The van der Waals surface area contributed by atoms with E-state index in [-0.39, 0.29) is 42.9 Å². The lowest BCUT2D eigenvalue weighted by atomic mass is 10.0. The van der Waals surface area contributed by atoms with Crippen LogP contribution in [0.2, 0.25) is 0 Å². The average Bonchev–Trinajstić information content (AvgIpc) is 2.81. The zero-order chi connectivity index (χ0) is 25.1. The number of nitrogen functional groups attached to an aromatic ring is 1. The van der Waals surface area contributed by atoms with Crippen molar-refractivity contribution in [1.29, 1.82) is 0 Å². The third-order valence-corrected chi connectivity index (χ3v) is 6.10. The molecule has 0 aliphatic carbocycles. The summed E-state index contributed by atoms with van der Waals surface area (Å²) in [6, 6.07) is 14.1. The van der Waals surface area contributed by atoms with E-state index >= 15 is 0 Å². The minimum absolute atomic E-state index is 0.0117. The third kappa shape index (κ3) is 5.13. The second kappa shape index (κ2) is 10.2. The number of aromatic nitrogens is 2. The van der Waals surface area contributed by atoms with Crippen molar-refractivity contribution in [2.45, 2.75) is 33.2 Å². The fraction of sp³-hybridized carbons (Fsp3) is 0.346. The first-order valence-corrected chi connectivity index (χ1v) is 11.8. The zero-order valence-corrected chi connectivity index (χ0v) is 20.0. The number of amides is 1. The molecule has 0 bridgehead atoms. The number of aromatic amines is 1. The van der Waals surface area contributed by atoms with E-state index in [1.807, 2.05) is 50.2 Å². The Morgan fingerprint density at radius 1 is 1.14 bits per heavy atom. The van der Waals surface area contributed by atoms with Gasteiger partial charge in [0, 0.05) is 13.1 Å². The molecule has 1 aromatic heterocycles. The van der Waals surface area contributed by atoms with Crippen molar-refractivity contribution in [1.82, 2.24) is 9.55 Å². The van der Waals surface area contributed by atoms with Crippen LogP contribution >= 0.6 is 0 Å². The number of halogens is 1. The van der Waals surface area contributed by atoms with Gasteiger partial charge in [0.1, 0.15) is 11.6 Å². The van der Waals surface area contributed by atoms with E-state index < -0.39 is 17.2 Å². The van der Waals surface area contributed by atoms with E-state index in [1.165, 1.54) is 15.5 Å². The van der Waals surface area contributed by atoms with E-state index in [0.29, 0.717) is 12.2 Å². The van der Waals surface area contributed by atoms with E-state index in [9.17, 15) is 18.8 Å². The number of fused-ring (bicyclic) bond motifs is 1. The first kappa shape index (κ1) is 24.3. The predicted octanol–water partition coefficient (Wildman–Crippen LogP) is 2.75. The Hall–Kier alpha value is -3.88. The number of nitrogens with two attached hydrogens (primary N) is 1. The van der Waals surface area contributed by atoms with Crippen molar-refractivity contribution in [3.63, 3.8) is 0 Å². The van der Waals surface area contributed by atoms with Crippen LogP contribution in [0.15, 0.2) is 58.1 Å². The molecule has 0 atom stereocenters. The number of hydrogen-bond acceptors (Lipinski definition) is 5. The Labute approximate surface area is 202 Å². The van der Waals surface area contributed by atoms with Crippen molar-refractivity contribution < 1.29 is 9.18 Å². The quantitative estimate of drug-likeness (QED) is 0.542. The minimum Gasteiger partial charge on any atom is -0.383 e. The third-order valence-electron chi connectivity index (χ3n) is 6.10. The molecule has 1 aliphatic rings. The number of rotatable bonds is 7. The fourth-order valence-corrected chi connectivity index (χ4v) is 4.54. The van der Waals surface area contributed by atoms with Crippen molar-refractivity contribution in [2.75, 3.05) is 35.2 Å². The molecule has 0 unspecified atom stereocenters. The van der Waals surface area contributed by atoms with Crippen LogP contribution < -0.4 is 26.8 Å². The molecular formula is C26H30FN5O3. The van der Waals surface area contributed by atoms with Gasteiger partial charge >= 0.3 is 5.69 Å². The van der Waals surface area contributed by atoms with Crippen LogP contribution in [0.25, 0.3) is 0 Å². The molecule has 9 heteroatoms. The Kier molecular flexibility index (Phi) is 7.04. The van der Waals surface area contributed by atoms with Gasteiger partial charge in [0.25, 0.3) is 5.56 Å². The number of aryl methyl sites for hydroxylation is 1. The lowest BCUT2D eigenvalue weighted by molar-refractivity contribution is -0.117. The van der Waals surface area contributed by atoms with Crippen molar-refractivity contribution in [3.8, 4) is 0 Å². The van der Waals surface area contributed by atoms with Crippen molar-refractivity contribution in [2.24, 2.45) is 5.92 Å². The normalized spacial score (nSPS) is 13.1. The summed E-state index contributed by atoms with van der Waals surface area (Å²) in [5.41, 5.74) is 7.02. The number of nitrogens with one attached hydrogen (secondary N) is 1. The van der Waals surface area contributed by atoms with Gasteiger partial charge in [0.15, 0.2) is 5.69 Å². The van der Waals surface area contributed by atoms with Gasteiger partial charge in [-0.25, -0.2) is 9.18 Å². The van der Waals surface area contributed by atoms with E-state index in [0.717, 1.165) is 24.0 Å². The number of carbonyl (C=O) groups excluding carboxylic acids is 1. The largest absolute Gasteiger partial charge is 0.383 e. The van der Waals surface area contributed by atoms with E-state index in [2.05, 4.69) is 4.98 Å². The highest BCUT2D eigenvalue weighted by molar-refractivity contribution is 5.98. The number of nitrogens with zero attached hydrogens (tertiary/aromatic N) is 3. The molecule has 0 fully saturated rings. The lowest BCUT2D eigenvalue weighted by Gasteiger charge is -2.33. The Morgan fingerprint density at radius 3 is 2.60 bits per heavy atom. The van der Waals surface area contributed by atoms with Gasteiger partial charge in [-0.1, -0.05) is 56.3 Å². The number of anilines is 3. The number of benzene rings is 2. The van der Waals surface area contributed by atoms with E-state index in [4.69, 9.17) is 5.73 Å². The van der Waals surface area contributed by atoms with Gasteiger partial charge in [0.05, 0.1) is 18.8 Å². The summed E-state index contributed by atoms with van der Waals surface area (Å²) in [5, 5.41) is 0. The molecule has 4 rings (SSSR count). The smallest absolute Gasteiger partial charge is 0.330 e. The Balaban J connectivity index is 1.72. The number of para-hydroxylation sites is 1. The first-order chi connectivity index (χ1) is 16.8. The molecule has 0 spiro atoms. The van der Waals surface area contributed by atoms with Crippen LogP contribution in [0.4, 0.5) is 21.6 Å². The highest BCUT2D eigenvalue weighted by Gasteiger charge is 2.29. The highest BCUT2D eigenvalue weighted by Crippen LogP contribution is 2.30. The average molecular weight is 480 g/mol. The lowest BCUT2D eigenvalue weighted by Crippen LogP contribution is -2.47. The topological polar surface area (TPSA) is 104 Å². The van der Waals surface area contributed by atoms with Gasteiger partial charge in [-0.05, 0) is 36.0 Å². The minimum atomic E-state index is -0.726. The van der Waals surface area contributed by atoms with Gasteiger partial charge in [-0.2, -0.15) is 0 Å². The Bertz CT molecular complexity index is 1330. The molecule has 2 heterocycles. The van der Waals surface area contributed by atoms with Crippen molar-refractivity contribution in [3.05, 3.63) is 86.3 Å². The summed E-state index contributed by atoms with van der Waals surface area (Å²) in [4.78, 5) is 44.5. The Morgan fingerprint density at radius 2 is 1.89 bits per heavy atom. The van der Waals surface area contributed by atoms with Crippen LogP contribution in [0, 0.1) is 11.7 Å². The molecule has 3 aromatic rings. The second-order valence-corrected chi connectivity index (χ2v) is 9.24. The maximum atomic E-state index is 14.7. The molecule has 2 aromatic carbocycles. The summed E-state index contributed by atoms with van der Waals surface area (Å²) in [7, 11) is 0. The molecule has 0 saturated heterocycles. The van der Waals surface area contributed by atoms with Crippen LogP contribution in [-0.2, 0) is 17.8 Å². The molecule has 1 aliphatic heterocycles. The van der Waals surface area contributed by atoms with E-state index in [1.54, 1.807) is 11.0 Å². The van der Waals surface area contributed by atoms with Crippen LogP contribution in [0.3, 0.4) is 0 Å². The summed E-state index contributed by atoms with van der Waals surface area (Å²) in [6.07, 6.45) is 1.53. The number of hydrogen-bond donors (Lipinski definition) is 2. The molecule has 35 heavy (non-hydrogen) atoms. The molecule has 1 amide bonds. The number of carbonyl (C=O) groups is 1. The standard InChI is InChI=1S/C26H30FN5O3/c1-17(2)14-31(21(33)16-30-13-7-11-19-10-6-12-20(27)22(19)30)23-24(28)32(26(35)29-25(23)34)15-18-8-4-3-5-9-18/h3-6,8-10,12,17H,7,11,13-16,28H2,1-2H3,(H,29,34,35). The molecular weight excluding hydrogens is 449 g/mol. The van der Waals surface area contributed by atoms with Crippen molar-refractivity contribution >= 4 is 23.1 Å². The molecule has 8 nitrogen and oxygen atoms in total. The monoisotopic (exact) mass is 479 g/mol. The van der Waals surface area contributed by atoms with Gasteiger partial charge in [0.2, 0.25) is 5.91 Å². The second-order valence-electron chi connectivity index (χ2n) is 9.24. The summed E-state index contributed by atoms with van der Waals surface area (Å²) in [5.74, 6) is -0.837. The maximum absolute atomic E-state index is 14.7.